The van der Waals surface area contributed by atoms with Crippen LogP contribution in [0.25, 0.3) is 16.8 Å². The van der Waals surface area contributed by atoms with Gasteiger partial charge in [-0.05, 0) is 49.8 Å². The minimum atomic E-state index is -1.10. The minimum absolute atomic E-state index is 0.654. The fourth-order valence-corrected chi connectivity index (χ4v) is 5.06. The lowest BCUT2D eigenvalue weighted by atomic mass is 9.81. The highest BCUT2D eigenvalue weighted by Gasteiger charge is 2.39. The molecule has 4 aromatic rings. The van der Waals surface area contributed by atoms with Gasteiger partial charge in [0.05, 0.1) is 19.8 Å². The van der Waals surface area contributed by atoms with Crippen LogP contribution in [-0.4, -0.2) is 33.4 Å². The van der Waals surface area contributed by atoms with Crippen molar-refractivity contribution in [2.75, 3.05) is 33.2 Å². The Hall–Kier alpha value is -3.96. The van der Waals surface area contributed by atoms with Crippen molar-refractivity contribution in [2.45, 2.75) is 25.0 Å². The van der Waals surface area contributed by atoms with E-state index in [-0.39, 0.29) is 0 Å². The summed E-state index contributed by atoms with van der Waals surface area (Å²) in [6.07, 6.45) is 4.16. The maximum Gasteiger partial charge on any atom is 0.178 e. The van der Waals surface area contributed by atoms with E-state index in [1.807, 2.05) is 50.5 Å². The van der Waals surface area contributed by atoms with Crippen LogP contribution in [0, 0.1) is 0 Å². The lowest BCUT2D eigenvalue weighted by Crippen LogP contribution is -2.35. The number of hydrogen-bond acceptors (Lipinski definition) is 5. The van der Waals surface area contributed by atoms with Gasteiger partial charge in [0.25, 0.3) is 0 Å². The first kappa shape index (κ1) is 24.7. The van der Waals surface area contributed by atoms with Gasteiger partial charge in [-0.1, -0.05) is 48.5 Å². The lowest BCUT2D eigenvalue weighted by Gasteiger charge is -2.38. The van der Waals surface area contributed by atoms with E-state index >= 15 is 0 Å². The Bertz CT molecular complexity index is 1470. The Labute approximate surface area is 218 Å². The van der Waals surface area contributed by atoms with E-state index in [1.54, 1.807) is 28.1 Å². The van der Waals surface area contributed by atoms with Gasteiger partial charge in [-0.2, -0.15) is 0 Å². The quantitative estimate of drug-likeness (QED) is 0.331. The van der Waals surface area contributed by atoms with Crippen molar-refractivity contribution in [3.05, 3.63) is 101 Å². The van der Waals surface area contributed by atoms with E-state index < -0.39 is 11.2 Å². The second-order valence-corrected chi connectivity index (χ2v) is 10.1. The predicted octanol–water partition coefficient (Wildman–Crippen LogP) is 6.50. The smallest absolute Gasteiger partial charge is 0.178 e. The normalized spacial score (nSPS) is 16.7. The summed E-state index contributed by atoms with van der Waals surface area (Å²) in [6.45, 7) is 3.58. The summed E-state index contributed by atoms with van der Waals surface area (Å²) in [5, 5.41) is 12.9. The highest BCUT2D eigenvalue weighted by molar-refractivity contribution is 5.99. The van der Waals surface area contributed by atoms with Crippen LogP contribution in [-0.2, 0) is 11.2 Å². The third-order valence-electron chi connectivity index (χ3n) is 7.06. The number of anilines is 1. The SMILES string of the molecule is COc1cc(OC)c2cc(C(C)(C)O)c3c(c2c1)OC(c1ccccc1)(c1ccc(N(C)C)cc1)C=C3. The number of benzene rings is 4. The molecule has 1 aliphatic rings. The molecule has 4 aromatic carbocycles. The molecule has 0 spiro atoms. The average molecular weight is 496 g/mol. The molecule has 0 aromatic heterocycles. The first-order chi connectivity index (χ1) is 17.7. The molecule has 190 valence electrons. The van der Waals surface area contributed by atoms with E-state index in [2.05, 4.69) is 53.5 Å². The summed E-state index contributed by atoms with van der Waals surface area (Å²) < 4.78 is 18.5. The van der Waals surface area contributed by atoms with E-state index in [4.69, 9.17) is 14.2 Å². The van der Waals surface area contributed by atoms with Gasteiger partial charge < -0.3 is 24.2 Å². The van der Waals surface area contributed by atoms with Gasteiger partial charge in [-0.15, -0.1) is 0 Å². The van der Waals surface area contributed by atoms with E-state index in [0.29, 0.717) is 17.2 Å². The van der Waals surface area contributed by atoms with Crippen molar-refractivity contribution >= 4 is 22.5 Å². The van der Waals surface area contributed by atoms with Crippen molar-refractivity contribution in [3.8, 4) is 17.2 Å². The van der Waals surface area contributed by atoms with Crippen LogP contribution < -0.4 is 19.1 Å². The molecule has 1 N–H and O–H groups in total. The van der Waals surface area contributed by atoms with Gasteiger partial charge in [0, 0.05) is 53.3 Å². The topological polar surface area (TPSA) is 51.2 Å². The predicted molar refractivity (Wildman–Crippen MR) is 150 cm³/mol. The summed E-state index contributed by atoms with van der Waals surface area (Å²) in [4.78, 5) is 2.08. The lowest BCUT2D eigenvalue weighted by molar-refractivity contribution is 0.0773. The Morgan fingerprint density at radius 1 is 0.838 bits per heavy atom. The Morgan fingerprint density at radius 2 is 1.51 bits per heavy atom. The summed E-state index contributed by atoms with van der Waals surface area (Å²) in [5.74, 6) is 2.00. The van der Waals surface area contributed by atoms with Crippen LogP contribution >= 0.6 is 0 Å². The zero-order valence-corrected chi connectivity index (χ0v) is 22.2. The number of fused-ring (bicyclic) bond motifs is 3. The molecular formula is C32H33NO4. The first-order valence-electron chi connectivity index (χ1n) is 12.3. The molecule has 0 radical (unpaired) electrons. The Kier molecular flexibility index (Phi) is 6.12. The van der Waals surface area contributed by atoms with Gasteiger partial charge in [-0.25, -0.2) is 0 Å². The third kappa shape index (κ3) is 4.19. The summed E-state index contributed by atoms with van der Waals surface area (Å²) in [5.41, 5.74) is 2.74. The second-order valence-electron chi connectivity index (χ2n) is 10.1. The highest BCUT2D eigenvalue weighted by atomic mass is 16.5. The number of methoxy groups -OCH3 is 2. The number of aliphatic hydroxyl groups is 1. The zero-order valence-electron chi connectivity index (χ0n) is 22.2. The molecule has 37 heavy (non-hydrogen) atoms. The molecule has 0 amide bonds. The van der Waals surface area contributed by atoms with Crippen molar-refractivity contribution in [3.63, 3.8) is 0 Å². The number of ether oxygens (including phenoxy) is 3. The van der Waals surface area contributed by atoms with Gasteiger partial charge in [0.1, 0.15) is 17.2 Å². The number of hydrogen-bond donors (Lipinski definition) is 1. The van der Waals surface area contributed by atoms with Crippen LogP contribution in [0.4, 0.5) is 5.69 Å². The van der Waals surface area contributed by atoms with Crippen molar-refractivity contribution in [2.24, 2.45) is 0 Å². The van der Waals surface area contributed by atoms with Crippen molar-refractivity contribution in [1.82, 2.24) is 0 Å². The molecule has 1 heterocycles. The summed E-state index contributed by atoms with van der Waals surface area (Å²) in [7, 11) is 7.33. The second kappa shape index (κ2) is 9.16. The fourth-order valence-electron chi connectivity index (χ4n) is 5.06. The zero-order chi connectivity index (χ0) is 26.4. The minimum Gasteiger partial charge on any atom is -0.497 e. The molecule has 1 aliphatic heterocycles. The molecule has 0 saturated carbocycles. The average Bonchev–Trinajstić information content (AvgIpc) is 2.91. The van der Waals surface area contributed by atoms with E-state index in [0.717, 1.165) is 38.7 Å². The van der Waals surface area contributed by atoms with Gasteiger partial charge >= 0.3 is 0 Å². The third-order valence-corrected chi connectivity index (χ3v) is 7.06. The molecule has 1 unspecified atom stereocenters. The molecule has 0 saturated heterocycles. The molecule has 1 atom stereocenters. The molecule has 5 heteroatoms. The highest BCUT2D eigenvalue weighted by Crippen LogP contribution is 2.50. The van der Waals surface area contributed by atoms with Crippen LogP contribution in [0.15, 0.2) is 78.9 Å². The maximum absolute atomic E-state index is 11.2. The molecule has 0 bridgehead atoms. The Balaban J connectivity index is 1.83. The fraction of sp³-hybridized carbons (Fsp3) is 0.250. The van der Waals surface area contributed by atoms with Gasteiger partial charge in [0.2, 0.25) is 0 Å². The maximum atomic E-state index is 11.2. The summed E-state index contributed by atoms with van der Waals surface area (Å²) in [6, 6.07) is 24.4. The monoisotopic (exact) mass is 495 g/mol. The standard InChI is InChI=1S/C32H33NO4/c1-31(2,34)28-20-26-27(18-24(35-5)19-29(26)36-6)30-25(28)16-17-32(37-30,21-10-8-7-9-11-21)22-12-14-23(15-13-22)33(3)4/h7-20,34H,1-6H3. The van der Waals surface area contributed by atoms with Crippen LogP contribution in [0.1, 0.15) is 36.1 Å². The largest absolute Gasteiger partial charge is 0.497 e. The summed E-state index contributed by atoms with van der Waals surface area (Å²) >= 11 is 0. The van der Waals surface area contributed by atoms with Gasteiger partial charge in [0.15, 0.2) is 5.60 Å². The first-order valence-corrected chi connectivity index (χ1v) is 12.3. The molecular weight excluding hydrogens is 462 g/mol. The molecule has 5 nitrogen and oxygen atoms in total. The van der Waals surface area contributed by atoms with Crippen molar-refractivity contribution < 1.29 is 19.3 Å². The number of nitrogens with zero attached hydrogens (tertiary/aromatic N) is 1. The van der Waals surface area contributed by atoms with E-state index in [1.165, 1.54) is 0 Å². The molecule has 0 fully saturated rings. The van der Waals surface area contributed by atoms with Crippen molar-refractivity contribution in [1.29, 1.82) is 0 Å². The van der Waals surface area contributed by atoms with Crippen LogP contribution in [0.3, 0.4) is 0 Å². The number of rotatable bonds is 6. The Morgan fingerprint density at radius 3 is 2.11 bits per heavy atom. The van der Waals surface area contributed by atoms with E-state index in [9.17, 15) is 5.11 Å². The van der Waals surface area contributed by atoms with Crippen LogP contribution in [0.2, 0.25) is 0 Å². The van der Waals surface area contributed by atoms with Crippen LogP contribution in [0.5, 0.6) is 17.2 Å². The molecule has 0 aliphatic carbocycles. The molecule has 5 rings (SSSR count). The van der Waals surface area contributed by atoms with Gasteiger partial charge in [-0.3, -0.25) is 0 Å².